The minimum Gasteiger partial charge on any atom is -0.366 e. The lowest BCUT2D eigenvalue weighted by atomic mass is 9.72. The van der Waals surface area contributed by atoms with Gasteiger partial charge in [0.25, 0.3) is 0 Å². The van der Waals surface area contributed by atoms with Crippen LogP contribution >= 0.6 is 0 Å². The van der Waals surface area contributed by atoms with E-state index in [0.29, 0.717) is 11.0 Å². The molecule has 1 aliphatic rings. The molecule has 0 atom stereocenters. The Balaban J connectivity index is 1.59. The van der Waals surface area contributed by atoms with Crippen LogP contribution in [-0.2, 0) is 6.42 Å². The molecule has 0 saturated heterocycles. The first-order valence-corrected chi connectivity index (χ1v) is 9.28. The van der Waals surface area contributed by atoms with Crippen molar-refractivity contribution in [2.75, 3.05) is 0 Å². The molecule has 0 unspecified atom stereocenters. The van der Waals surface area contributed by atoms with Gasteiger partial charge in [-0.05, 0) is 67.6 Å². The van der Waals surface area contributed by atoms with Gasteiger partial charge in [-0.25, -0.2) is 0 Å². The number of hydrogen-bond acceptors (Lipinski definition) is 2. The largest absolute Gasteiger partial charge is 0.366 e. The number of benzene rings is 1. The summed E-state index contributed by atoms with van der Waals surface area (Å²) in [5.41, 5.74) is 9.57. The molecule has 2 N–H and O–H groups in total. The number of amides is 1. The van der Waals surface area contributed by atoms with Crippen molar-refractivity contribution in [3.8, 4) is 11.3 Å². The van der Waals surface area contributed by atoms with Crippen molar-refractivity contribution in [3.63, 3.8) is 0 Å². The predicted octanol–water partition coefficient (Wildman–Crippen LogP) is 5.00. The van der Waals surface area contributed by atoms with Crippen molar-refractivity contribution in [2.24, 2.45) is 17.1 Å². The molecule has 3 heteroatoms. The molecule has 0 radical (unpaired) electrons. The molecule has 1 heterocycles. The molecule has 0 aliphatic heterocycles. The monoisotopic (exact) mass is 336 g/mol. The van der Waals surface area contributed by atoms with E-state index in [1.807, 2.05) is 0 Å². The molecule has 1 aromatic carbocycles. The zero-order valence-corrected chi connectivity index (χ0v) is 15.3. The van der Waals surface area contributed by atoms with Crippen LogP contribution in [0.1, 0.15) is 61.9 Å². The SMILES string of the molecule is CC1(C)CCC(CCc2ccc(-c3cc(C(N)=O)ccn3)cc2)CC1. The lowest BCUT2D eigenvalue weighted by Gasteiger charge is -2.34. The Morgan fingerprint density at radius 1 is 1.16 bits per heavy atom. The molecule has 0 bridgehead atoms. The average molecular weight is 336 g/mol. The van der Waals surface area contributed by atoms with Crippen LogP contribution in [0, 0.1) is 11.3 Å². The second-order valence-corrected chi connectivity index (χ2v) is 8.14. The summed E-state index contributed by atoms with van der Waals surface area (Å²) in [5, 5.41) is 0. The van der Waals surface area contributed by atoms with Crippen molar-refractivity contribution in [1.29, 1.82) is 0 Å². The minimum atomic E-state index is -0.420. The molecule has 25 heavy (non-hydrogen) atoms. The number of nitrogens with zero attached hydrogens (tertiary/aromatic N) is 1. The van der Waals surface area contributed by atoms with Crippen LogP contribution < -0.4 is 5.73 Å². The first-order chi connectivity index (χ1) is 11.9. The van der Waals surface area contributed by atoms with Crippen molar-refractivity contribution >= 4 is 5.91 Å². The minimum absolute atomic E-state index is 0.420. The number of aryl methyl sites for hydroxylation is 1. The highest BCUT2D eigenvalue weighted by atomic mass is 16.1. The highest BCUT2D eigenvalue weighted by Gasteiger charge is 2.26. The fourth-order valence-electron chi connectivity index (χ4n) is 3.70. The van der Waals surface area contributed by atoms with Gasteiger partial charge in [-0.3, -0.25) is 9.78 Å². The summed E-state index contributed by atoms with van der Waals surface area (Å²) in [6.07, 6.45) is 9.51. The first kappa shape index (κ1) is 17.7. The maximum absolute atomic E-state index is 11.3. The third kappa shape index (κ3) is 4.68. The van der Waals surface area contributed by atoms with Crippen molar-refractivity contribution in [3.05, 3.63) is 53.7 Å². The van der Waals surface area contributed by atoms with Gasteiger partial charge in [0.15, 0.2) is 0 Å². The zero-order valence-electron chi connectivity index (χ0n) is 15.3. The van der Waals surface area contributed by atoms with E-state index in [0.717, 1.165) is 23.6 Å². The standard InChI is InChI=1S/C22H28N2O/c1-22(2)12-9-17(10-13-22)4-3-16-5-7-18(8-6-16)20-15-19(21(23)25)11-14-24-20/h5-8,11,14-15,17H,3-4,9-10,12-13H2,1-2H3,(H2,23,25). The Hall–Kier alpha value is -2.16. The van der Waals surface area contributed by atoms with Gasteiger partial charge >= 0.3 is 0 Å². The highest BCUT2D eigenvalue weighted by Crippen LogP contribution is 2.39. The van der Waals surface area contributed by atoms with Crippen molar-refractivity contribution in [2.45, 2.75) is 52.4 Å². The first-order valence-electron chi connectivity index (χ1n) is 9.28. The number of nitrogens with two attached hydrogens (primary N) is 1. The molecule has 1 aliphatic carbocycles. The predicted molar refractivity (Wildman–Crippen MR) is 102 cm³/mol. The summed E-state index contributed by atoms with van der Waals surface area (Å²) in [6.45, 7) is 4.78. The van der Waals surface area contributed by atoms with E-state index < -0.39 is 5.91 Å². The van der Waals surface area contributed by atoms with Crippen molar-refractivity contribution in [1.82, 2.24) is 4.98 Å². The van der Waals surface area contributed by atoms with E-state index in [4.69, 9.17) is 5.73 Å². The smallest absolute Gasteiger partial charge is 0.248 e. The third-order valence-corrected chi connectivity index (χ3v) is 5.59. The van der Waals surface area contributed by atoms with Crippen LogP contribution in [0.2, 0.25) is 0 Å². The van der Waals surface area contributed by atoms with E-state index >= 15 is 0 Å². The van der Waals surface area contributed by atoms with Gasteiger partial charge < -0.3 is 5.73 Å². The topological polar surface area (TPSA) is 56.0 Å². The zero-order chi connectivity index (χ0) is 17.9. The average Bonchev–Trinajstić information content (AvgIpc) is 2.61. The Kier molecular flexibility index (Phi) is 5.22. The maximum atomic E-state index is 11.3. The number of rotatable bonds is 5. The van der Waals surface area contributed by atoms with Gasteiger partial charge in [-0.15, -0.1) is 0 Å². The second kappa shape index (κ2) is 7.38. The maximum Gasteiger partial charge on any atom is 0.248 e. The summed E-state index contributed by atoms with van der Waals surface area (Å²) in [4.78, 5) is 15.7. The van der Waals surface area contributed by atoms with E-state index in [-0.39, 0.29) is 0 Å². The molecule has 1 saturated carbocycles. The van der Waals surface area contributed by atoms with Gasteiger partial charge in [-0.2, -0.15) is 0 Å². The van der Waals surface area contributed by atoms with Gasteiger partial charge in [0, 0.05) is 17.3 Å². The third-order valence-electron chi connectivity index (χ3n) is 5.59. The van der Waals surface area contributed by atoms with Crippen LogP contribution in [0.3, 0.4) is 0 Å². The van der Waals surface area contributed by atoms with Crippen LogP contribution in [0.25, 0.3) is 11.3 Å². The van der Waals surface area contributed by atoms with E-state index in [9.17, 15) is 4.79 Å². The second-order valence-electron chi connectivity index (χ2n) is 8.14. The fraction of sp³-hybridized carbons (Fsp3) is 0.455. The van der Waals surface area contributed by atoms with Gasteiger partial charge in [-0.1, -0.05) is 38.1 Å². The summed E-state index contributed by atoms with van der Waals surface area (Å²) < 4.78 is 0. The number of aromatic nitrogens is 1. The van der Waals surface area contributed by atoms with E-state index in [1.54, 1.807) is 18.3 Å². The Morgan fingerprint density at radius 2 is 1.84 bits per heavy atom. The quantitative estimate of drug-likeness (QED) is 0.835. The highest BCUT2D eigenvalue weighted by molar-refractivity contribution is 5.93. The molecule has 1 aromatic heterocycles. The number of carbonyl (C=O) groups excluding carboxylic acids is 1. The van der Waals surface area contributed by atoms with Crippen molar-refractivity contribution < 1.29 is 4.79 Å². The summed E-state index contributed by atoms with van der Waals surface area (Å²) in [5.74, 6) is 0.456. The Morgan fingerprint density at radius 3 is 2.48 bits per heavy atom. The van der Waals surface area contributed by atoms with Gasteiger partial charge in [0.2, 0.25) is 5.91 Å². The van der Waals surface area contributed by atoms with Crippen LogP contribution in [0.4, 0.5) is 0 Å². The molecule has 3 nitrogen and oxygen atoms in total. The number of primary amides is 1. The molecular weight excluding hydrogens is 308 g/mol. The lowest BCUT2D eigenvalue weighted by Crippen LogP contribution is -2.21. The fourth-order valence-corrected chi connectivity index (χ4v) is 3.70. The summed E-state index contributed by atoms with van der Waals surface area (Å²) in [7, 11) is 0. The van der Waals surface area contributed by atoms with Crippen LogP contribution in [0.15, 0.2) is 42.6 Å². The molecule has 1 amide bonds. The molecule has 2 aromatic rings. The summed E-state index contributed by atoms with van der Waals surface area (Å²) >= 11 is 0. The molecule has 1 fully saturated rings. The lowest BCUT2D eigenvalue weighted by molar-refractivity contribution is 0.1000. The number of hydrogen-bond donors (Lipinski definition) is 1. The molecular formula is C22H28N2O. The van der Waals surface area contributed by atoms with E-state index in [1.165, 1.54) is 37.7 Å². The molecule has 0 spiro atoms. The van der Waals surface area contributed by atoms with Gasteiger partial charge in [0.1, 0.15) is 0 Å². The molecule has 3 rings (SSSR count). The van der Waals surface area contributed by atoms with Crippen LogP contribution in [-0.4, -0.2) is 10.9 Å². The number of carbonyl (C=O) groups is 1. The normalized spacial score (nSPS) is 17.4. The van der Waals surface area contributed by atoms with Gasteiger partial charge in [0.05, 0.1) is 5.69 Å². The molecule has 132 valence electrons. The number of pyridine rings is 1. The van der Waals surface area contributed by atoms with Crippen LogP contribution in [0.5, 0.6) is 0 Å². The Labute approximate surface area is 150 Å². The summed E-state index contributed by atoms with van der Waals surface area (Å²) in [6, 6.07) is 11.9. The van der Waals surface area contributed by atoms with E-state index in [2.05, 4.69) is 43.1 Å². The Bertz CT molecular complexity index is 724.